The Bertz CT molecular complexity index is 504. The number of benzene rings is 1. The Kier molecular flexibility index (Phi) is 4.80. The van der Waals surface area contributed by atoms with Crippen molar-refractivity contribution < 1.29 is 4.79 Å². The number of rotatable bonds is 4. The van der Waals surface area contributed by atoms with Gasteiger partial charge in [0.2, 0.25) is 5.91 Å². The molecule has 1 amide bonds. The van der Waals surface area contributed by atoms with E-state index in [-0.39, 0.29) is 5.91 Å². The van der Waals surface area contributed by atoms with E-state index in [9.17, 15) is 4.79 Å². The number of hydrogen-bond donors (Lipinski definition) is 1. The first-order valence-corrected chi connectivity index (χ1v) is 7.21. The van der Waals surface area contributed by atoms with Crippen LogP contribution in [0.3, 0.4) is 0 Å². The van der Waals surface area contributed by atoms with Crippen molar-refractivity contribution in [2.24, 2.45) is 0 Å². The number of hydrogen-bond acceptors (Lipinski definition) is 3. The molecule has 5 heteroatoms. The quantitative estimate of drug-likeness (QED) is 0.927. The van der Waals surface area contributed by atoms with Crippen molar-refractivity contribution in [2.75, 3.05) is 25.0 Å². The number of carbonyl (C=O) groups excluding carboxylic acids is 1. The summed E-state index contributed by atoms with van der Waals surface area (Å²) in [4.78, 5) is 13.8. The molecule has 1 fully saturated rings. The zero-order valence-electron chi connectivity index (χ0n) is 10.7. The van der Waals surface area contributed by atoms with Crippen molar-refractivity contribution >= 4 is 27.5 Å². The van der Waals surface area contributed by atoms with Crippen LogP contribution in [0.4, 0.5) is 5.69 Å². The summed E-state index contributed by atoms with van der Waals surface area (Å²) < 4.78 is 0.878. The smallest absolute Gasteiger partial charge is 0.224 e. The van der Waals surface area contributed by atoms with Crippen LogP contribution in [0.1, 0.15) is 24.8 Å². The second kappa shape index (κ2) is 6.58. The molecule has 19 heavy (non-hydrogen) atoms. The average molecular weight is 322 g/mol. The monoisotopic (exact) mass is 321 g/mol. The van der Waals surface area contributed by atoms with E-state index in [1.807, 2.05) is 17.0 Å². The third-order valence-corrected chi connectivity index (χ3v) is 3.71. The number of anilines is 1. The summed E-state index contributed by atoms with van der Waals surface area (Å²) in [6, 6.07) is 7.64. The number of nitriles is 1. The van der Waals surface area contributed by atoms with Crippen LogP contribution in [0.2, 0.25) is 0 Å². The van der Waals surface area contributed by atoms with Gasteiger partial charge in [0.25, 0.3) is 0 Å². The lowest BCUT2D eigenvalue weighted by molar-refractivity contribution is -0.129. The highest BCUT2D eigenvalue weighted by Crippen LogP contribution is 2.20. The molecule has 2 rings (SSSR count). The van der Waals surface area contributed by atoms with Crippen molar-refractivity contribution in [2.45, 2.75) is 19.3 Å². The van der Waals surface area contributed by atoms with Crippen molar-refractivity contribution in [1.82, 2.24) is 4.90 Å². The number of likely N-dealkylation sites (tertiary alicyclic amines) is 1. The molecule has 1 N–H and O–H groups in total. The molecular weight excluding hydrogens is 306 g/mol. The molecule has 1 aromatic carbocycles. The van der Waals surface area contributed by atoms with Gasteiger partial charge < -0.3 is 10.2 Å². The molecule has 0 bridgehead atoms. The third-order valence-electron chi connectivity index (χ3n) is 3.22. The van der Waals surface area contributed by atoms with Crippen LogP contribution in [0, 0.1) is 11.3 Å². The fourth-order valence-electron chi connectivity index (χ4n) is 2.19. The molecule has 0 aliphatic carbocycles. The van der Waals surface area contributed by atoms with Gasteiger partial charge in [0.1, 0.15) is 6.07 Å². The van der Waals surface area contributed by atoms with E-state index in [0.29, 0.717) is 18.5 Å². The minimum absolute atomic E-state index is 0.195. The molecule has 0 unspecified atom stereocenters. The van der Waals surface area contributed by atoms with Gasteiger partial charge in [-0.3, -0.25) is 4.79 Å². The summed E-state index contributed by atoms with van der Waals surface area (Å²) in [5, 5.41) is 12.2. The molecule has 1 aliphatic heterocycles. The molecule has 1 aliphatic rings. The van der Waals surface area contributed by atoms with E-state index in [1.165, 1.54) is 0 Å². The van der Waals surface area contributed by atoms with E-state index < -0.39 is 0 Å². The average Bonchev–Trinajstić information content (AvgIpc) is 2.94. The minimum atomic E-state index is 0.195. The fourth-order valence-corrected chi connectivity index (χ4v) is 2.55. The maximum atomic E-state index is 11.9. The zero-order chi connectivity index (χ0) is 13.7. The summed E-state index contributed by atoms with van der Waals surface area (Å²) >= 11 is 3.33. The molecule has 0 saturated carbocycles. The summed E-state index contributed by atoms with van der Waals surface area (Å²) in [6.07, 6.45) is 2.70. The lowest BCUT2D eigenvalue weighted by Gasteiger charge is -2.15. The predicted octanol–water partition coefficient (Wildman–Crippen LogP) is 2.75. The highest BCUT2D eigenvalue weighted by atomic mass is 79.9. The first kappa shape index (κ1) is 13.9. The SMILES string of the molecule is N#Cc1cc(Br)ccc1NCCC(=O)N1CCCC1. The Labute approximate surface area is 121 Å². The highest BCUT2D eigenvalue weighted by Gasteiger charge is 2.17. The van der Waals surface area contributed by atoms with E-state index >= 15 is 0 Å². The highest BCUT2D eigenvalue weighted by molar-refractivity contribution is 9.10. The van der Waals surface area contributed by atoms with E-state index in [0.717, 1.165) is 36.1 Å². The van der Waals surface area contributed by atoms with Crippen LogP contribution in [-0.4, -0.2) is 30.4 Å². The van der Waals surface area contributed by atoms with Gasteiger partial charge in [-0.05, 0) is 31.0 Å². The lowest BCUT2D eigenvalue weighted by Crippen LogP contribution is -2.29. The van der Waals surface area contributed by atoms with Gasteiger partial charge >= 0.3 is 0 Å². The van der Waals surface area contributed by atoms with Crippen LogP contribution in [-0.2, 0) is 4.79 Å². The molecule has 0 spiro atoms. The van der Waals surface area contributed by atoms with Crippen LogP contribution in [0.25, 0.3) is 0 Å². The van der Waals surface area contributed by atoms with Gasteiger partial charge in [0, 0.05) is 30.5 Å². The van der Waals surface area contributed by atoms with Crippen LogP contribution < -0.4 is 5.32 Å². The fraction of sp³-hybridized carbons (Fsp3) is 0.429. The molecule has 0 atom stereocenters. The first-order valence-electron chi connectivity index (χ1n) is 6.42. The molecule has 0 aromatic heterocycles. The van der Waals surface area contributed by atoms with Gasteiger partial charge in [0.05, 0.1) is 11.3 Å². The van der Waals surface area contributed by atoms with Crippen molar-refractivity contribution in [3.8, 4) is 6.07 Å². The second-order valence-corrected chi connectivity index (χ2v) is 5.48. The van der Waals surface area contributed by atoms with Crippen molar-refractivity contribution in [3.63, 3.8) is 0 Å². The van der Waals surface area contributed by atoms with Crippen LogP contribution in [0.15, 0.2) is 22.7 Å². The van der Waals surface area contributed by atoms with E-state index in [2.05, 4.69) is 27.3 Å². The number of amides is 1. The Balaban J connectivity index is 1.85. The van der Waals surface area contributed by atoms with Crippen molar-refractivity contribution in [1.29, 1.82) is 5.26 Å². The summed E-state index contributed by atoms with van der Waals surface area (Å²) in [7, 11) is 0. The lowest BCUT2D eigenvalue weighted by atomic mass is 10.2. The predicted molar refractivity (Wildman–Crippen MR) is 77.8 cm³/mol. The van der Waals surface area contributed by atoms with Crippen molar-refractivity contribution in [3.05, 3.63) is 28.2 Å². The van der Waals surface area contributed by atoms with Gasteiger partial charge in [0.15, 0.2) is 0 Å². The number of carbonyl (C=O) groups is 1. The molecule has 1 saturated heterocycles. The summed E-state index contributed by atoms with van der Waals surface area (Å²) in [5.74, 6) is 0.195. The van der Waals surface area contributed by atoms with Gasteiger partial charge in [-0.25, -0.2) is 0 Å². The molecule has 1 aromatic rings. The maximum Gasteiger partial charge on any atom is 0.224 e. The van der Waals surface area contributed by atoms with Gasteiger partial charge in [-0.2, -0.15) is 5.26 Å². The van der Waals surface area contributed by atoms with Crippen LogP contribution >= 0.6 is 15.9 Å². The topological polar surface area (TPSA) is 56.1 Å². The van der Waals surface area contributed by atoms with Gasteiger partial charge in [-0.15, -0.1) is 0 Å². The standard InChI is InChI=1S/C14H16BrN3O/c15-12-3-4-13(11(9-12)10-16)17-6-5-14(19)18-7-1-2-8-18/h3-4,9,17H,1-2,5-8H2. The van der Waals surface area contributed by atoms with E-state index in [1.54, 1.807) is 6.07 Å². The second-order valence-electron chi connectivity index (χ2n) is 4.57. The first-order chi connectivity index (χ1) is 9.20. The Morgan fingerprint density at radius 1 is 1.42 bits per heavy atom. The molecule has 1 heterocycles. The summed E-state index contributed by atoms with van der Waals surface area (Å²) in [5.41, 5.74) is 1.36. The molecule has 100 valence electrons. The van der Waals surface area contributed by atoms with Crippen LogP contribution in [0.5, 0.6) is 0 Å². The molecule has 0 radical (unpaired) electrons. The Morgan fingerprint density at radius 2 is 2.16 bits per heavy atom. The number of nitrogens with one attached hydrogen (secondary N) is 1. The normalized spacial score (nSPS) is 14.2. The molecule has 4 nitrogen and oxygen atoms in total. The zero-order valence-corrected chi connectivity index (χ0v) is 12.2. The Hall–Kier alpha value is -1.54. The Morgan fingerprint density at radius 3 is 2.84 bits per heavy atom. The molecular formula is C14H16BrN3O. The number of halogens is 1. The minimum Gasteiger partial charge on any atom is -0.383 e. The van der Waals surface area contributed by atoms with E-state index in [4.69, 9.17) is 5.26 Å². The summed E-state index contributed by atoms with van der Waals surface area (Å²) in [6.45, 7) is 2.34. The van der Waals surface area contributed by atoms with Gasteiger partial charge in [-0.1, -0.05) is 15.9 Å². The largest absolute Gasteiger partial charge is 0.383 e. The third kappa shape index (κ3) is 3.71. The maximum absolute atomic E-state index is 11.9. The number of nitrogens with zero attached hydrogens (tertiary/aromatic N) is 2.